The number of carbonyl (C=O) groups is 1. The third kappa shape index (κ3) is 3.29. The summed E-state index contributed by atoms with van der Waals surface area (Å²) in [5, 5.41) is 2.81. The Morgan fingerprint density at radius 2 is 1.86 bits per heavy atom. The van der Waals surface area contributed by atoms with E-state index in [0.717, 1.165) is 11.3 Å². The van der Waals surface area contributed by atoms with E-state index in [0.29, 0.717) is 23.7 Å². The van der Waals surface area contributed by atoms with Crippen LogP contribution < -0.4 is 25.6 Å². The summed E-state index contributed by atoms with van der Waals surface area (Å²) in [5.41, 5.74) is 8.81. The van der Waals surface area contributed by atoms with E-state index in [4.69, 9.17) is 9.47 Å². The van der Waals surface area contributed by atoms with Gasteiger partial charge in [0.25, 0.3) is 0 Å². The lowest BCUT2D eigenvalue weighted by molar-refractivity contribution is -0.114. The van der Waals surface area contributed by atoms with E-state index in [1.165, 1.54) is 6.92 Å². The van der Waals surface area contributed by atoms with Crippen molar-refractivity contribution in [3.63, 3.8) is 0 Å². The summed E-state index contributed by atoms with van der Waals surface area (Å²) in [5.74, 6) is 1.20. The van der Waals surface area contributed by atoms with Gasteiger partial charge in [-0.15, -0.1) is 0 Å². The number of hydrogen-bond donors (Lipinski definition) is 3. The normalized spacial score (nSPS) is 12.0. The number of amides is 1. The van der Waals surface area contributed by atoms with E-state index in [1.807, 2.05) is 36.4 Å². The Bertz CT molecular complexity index is 674. The average molecular weight is 299 g/mol. The van der Waals surface area contributed by atoms with Gasteiger partial charge in [0.1, 0.15) is 0 Å². The third-order valence-corrected chi connectivity index (χ3v) is 3.19. The van der Waals surface area contributed by atoms with Crippen molar-refractivity contribution < 1.29 is 14.3 Å². The Morgan fingerprint density at radius 3 is 2.59 bits per heavy atom. The second kappa shape index (κ2) is 6.36. The van der Waals surface area contributed by atoms with Crippen LogP contribution >= 0.6 is 0 Å². The number of hydrazine groups is 1. The number of carbonyl (C=O) groups excluding carboxylic acids is 1. The lowest BCUT2D eigenvalue weighted by Gasteiger charge is -2.13. The maximum atomic E-state index is 11.3. The van der Waals surface area contributed by atoms with Crippen LogP contribution in [-0.2, 0) is 11.3 Å². The SMILES string of the molecule is CC(=O)Nc1cc2c(cc1CNNc1ccccc1)OCO2. The number of ether oxygens (including phenoxy) is 2. The molecule has 6 heteroatoms. The zero-order valence-electron chi connectivity index (χ0n) is 12.2. The van der Waals surface area contributed by atoms with Gasteiger partial charge in [0.15, 0.2) is 11.5 Å². The van der Waals surface area contributed by atoms with E-state index in [9.17, 15) is 4.79 Å². The molecule has 0 saturated carbocycles. The van der Waals surface area contributed by atoms with E-state index in [1.54, 1.807) is 6.07 Å². The lowest BCUT2D eigenvalue weighted by atomic mass is 10.1. The molecule has 6 nitrogen and oxygen atoms in total. The van der Waals surface area contributed by atoms with Crippen LogP contribution in [0, 0.1) is 0 Å². The maximum absolute atomic E-state index is 11.3. The fourth-order valence-corrected chi connectivity index (χ4v) is 2.20. The Hall–Kier alpha value is -2.73. The van der Waals surface area contributed by atoms with Crippen LogP contribution in [0.4, 0.5) is 11.4 Å². The number of nitrogens with one attached hydrogen (secondary N) is 3. The van der Waals surface area contributed by atoms with E-state index in [2.05, 4.69) is 16.2 Å². The van der Waals surface area contributed by atoms with Crippen LogP contribution in [0.5, 0.6) is 11.5 Å². The van der Waals surface area contributed by atoms with E-state index < -0.39 is 0 Å². The third-order valence-electron chi connectivity index (χ3n) is 3.19. The Labute approximate surface area is 128 Å². The Morgan fingerprint density at radius 1 is 1.14 bits per heavy atom. The molecule has 114 valence electrons. The average Bonchev–Trinajstić information content (AvgIpc) is 2.95. The predicted molar refractivity (Wildman–Crippen MR) is 83.8 cm³/mol. The largest absolute Gasteiger partial charge is 0.454 e. The highest BCUT2D eigenvalue weighted by Gasteiger charge is 2.17. The van der Waals surface area contributed by atoms with E-state index >= 15 is 0 Å². The van der Waals surface area contributed by atoms with Gasteiger partial charge in [0, 0.05) is 30.9 Å². The molecule has 0 atom stereocenters. The van der Waals surface area contributed by atoms with Crippen molar-refractivity contribution >= 4 is 17.3 Å². The zero-order valence-corrected chi connectivity index (χ0v) is 12.2. The fourth-order valence-electron chi connectivity index (χ4n) is 2.20. The van der Waals surface area contributed by atoms with Crippen molar-refractivity contribution in [3.8, 4) is 11.5 Å². The minimum Gasteiger partial charge on any atom is -0.454 e. The summed E-state index contributed by atoms with van der Waals surface area (Å²) in [7, 11) is 0. The summed E-state index contributed by atoms with van der Waals surface area (Å²) in [6, 6.07) is 13.4. The van der Waals surface area contributed by atoms with Crippen LogP contribution in [-0.4, -0.2) is 12.7 Å². The molecule has 1 aliphatic rings. The summed E-state index contributed by atoms with van der Waals surface area (Å²) in [6.45, 7) is 2.19. The molecule has 3 rings (SSSR count). The topological polar surface area (TPSA) is 71.6 Å². The molecule has 0 unspecified atom stereocenters. The Balaban J connectivity index is 1.72. The first-order chi connectivity index (χ1) is 10.7. The van der Waals surface area contributed by atoms with Gasteiger partial charge in [-0.2, -0.15) is 0 Å². The molecule has 0 aromatic heterocycles. The standard InChI is InChI=1S/C16H17N3O3/c1-11(20)18-14-8-16-15(21-10-22-16)7-12(14)9-17-19-13-5-3-2-4-6-13/h2-8,17,19H,9-10H2,1H3,(H,18,20). The first-order valence-corrected chi connectivity index (χ1v) is 6.96. The second-order valence-electron chi connectivity index (χ2n) is 4.89. The Kier molecular flexibility index (Phi) is 4.11. The van der Waals surface area contributed by atoms with Gasteiger partial charge in [0.2, 0.25) is 12.7 Å². The number of fused-ring (bicyclic) bond motifs is 1. The van der Waals surface area contributed by atoms with Crippen LogP contribution in [0.3, 0.4) is 0 Å². The lowest BCUT2D eigenvalue weighted by Crippen LogP contribution is -2.22. The molecule has 0 bridgehead atoms. The highest BCUT2D eigenvalue weighted by Crippen LogP contribution is 2.37. The minimum atomic E-state index is -0.129. The summed E-state index contributed by atoms with van der Waals surface area (Å²) < 4.78 is 10.7. The smallest absolute Gasteiger partial charge is 0.231 e. The molecule has 2 aromatic carbocycles. The first kappa shape index (κ1) is 14.2. The van der Waals surface area contributed by atoms with Crippen molar-refractivity contribution in [2.75, 3.05) is 17.5 Å². The molecule has 3 N–H and O–H groups in total. The number of hydrogen-bond acceptors (Lipinski definition) is 5. The first-order valence-electron chi connectivity index (χ1n) is 6.96. The number of benzene rings is 2. The van der Waals surface area contributed by atoms with Crippen LogP contribution in [0.2, 0.25) is 0 Å². The van der Waals surface area contributed by atoms with Gasteiger partial charge in [-0.1, -0.05) is 18.2 Å². The van der Waals surface area contributed by atoms with Crippen molar-refractivity contribution in [3.05, 3.63) is 48.0 Å². The molecule has 0 saturated heterocycles. The molecule has 2 aromatic rings. The molecule has 1 heterocycles. The summed E-state index contributed by atoms with van der Waals surface area (Å²) in [6.07, 6.45) is 0. The van der Waals surface area contributed by atoms with Crippen molar-refractivity contribution in [2.24, 2.45) is 0 Å². The second-order valence-corrected chi connectivity index (χ2v) is 4.89. The zero-order chi connectivity index (χ0) is 15.4. The van der Waals surface area contributed by atoms with Gasteiger partial charge in [0.05, 0.1) is 0 Å². The molecule has 0 radical (unpaired) electrons. The predicted octanol–water partition coefficient (Wildman–Crippen LogP) is 2.49. The van der Waals surface area contributed by atoms with Gasteiger partial charge in [-0.3, -0.25) is 4.79 Å². The molecular formula is C16H17N3O3. The number of para-hydroxylation sites is 1. The van der Waals surface area contributed by atoms with Crippen molar-refractivity contribution in [2.45, 2.75) is 13.5 Å². The van der Waals surface area contributed by atoms with E-state index in [-0.39, 0.29) is 12.7 Å². The number of anilines is 2. The highest BCUT2D eigenvalue weighted by molar-refractivity contribution is 5.90. The number of rotatable bonds is 5. The van der Waals surface area contributed by atoms with Gasteiger partial charge < -0.3 is 20.2 Å². The quantitative estimate of drug-likeness (QED) is 0.740. The fraction of sp³-hybridized carbons (Fsp3) is 0.188. The molecule has 0 spiro atoms. The van der Waals surface area contributed by atoms with Crippen LogP contribution in [0.15, 0.2) is 42.5 Å². The maximum Gasteiger partial charge on any atom is 0.231 e. The summed E-state index contributed by atoms with van der Waals surface area (Å²) in [4.78, 5) is 11.3. The molecule has 22 heavy (non-hydrogen) atoms. The van der Waals surface area contributed by atoms with Gasteiger partial charge in [-0.05, 0) is 23.8 Å². The van der Waals surface area contributed by atoms with Crippen LogP contribution in [0.1, 0.15) is 12.5 Å². The van der Waals surface area contributed by atoms with Gasteiger partial charge in [-0.25, -0.2) is 5.43 Å². The minimum absolute atomic E-state index is 0.129. The molecule has 1 amide bonds. The summed E-state index contributed by atoms with van der Waals surface area (Å²) >= 11 is 0. The highest BCUT2D eigenvalue weighted by atomic mass is 16.7. The monoisotopic (exact) mass is 299 g/mol. The van der Waals surface area contributed by atoms with Gasteiger partial charge >= 0.3 is 0 Å². The van der Waals surface area contributed by atoms with Crippen LogP contribution in [0.25, 0.3) is 0 Å². The molecular weight excluding hydrogens is 282 g/mol. The molecule has 0 aliphatic carbocycles. The molecule has 1 aliphatic heterocycles. The molecule has 0 fully saturated rings. The van der Waals surface area contributed by atoms with Crippen molar-refractivity contribution in [1.82, 2.24) is 5.43 Å². The van der Waals surface area contributed by atoms with Crippen molar-refractivity contribution in [1.29, 1.82) is 0 Å².